The van der Waals surface area contributed by atoms with Crippen LogP contribution in [0.4, 0.5) is 18.9 Å². The molecule has 180 valence electrons. The zero-order chi connectivity index (χ0) is 25.0. The molecular weight excluding hydrogens is 501 g/mol. The Morgan fingerprint density at radius 3 is 2.43 bits per heavy atom. The number of amides is 1. The van der Waals surface area contributed by atoms with Crippen molar-refractivity contribution < 1.29 is 22.7 Å². The van der Waals surface area contributed by atoms with E-state index in [-0.39, 0.29) is 11.4 Å². The molecule has 0 fully saturated rings. The van der Waals surface area contributed by atoms with Crippen LogP contribution in [0.15, 0.2) is 78.0 Å². The lowest BCUT2D eigenvalue weighted by Gasteiger charge is -2.12. The summed E-state index contributed by atoms with van der Waals surface area (Å²) in [5, 5.41) is 12.0. The number of nitrogens with one attached hydrogen (secondary N) is 1. The number of thioether (sulfide) groups is 1. The minimum absolute atomic E-state index is 0.0588. The Kier molecular flexibility index (Phi) is 7.32. The highest BCUT2D eigenvalue weighted by atomic mass is 35.5. The van der Waals surface area contributed by atoms with Crippen molar-refractivity contribution in [2.45, 2.75) is 11.3 Å². The fourth-order valence-electron chi connectivity index (χ4n) is 3.21. The second kappa shape index (κ2) is 10.4. The molecule has 3 aromatic carbocycles. The Morgan fingerprint density at radius 1 is 1.06 bits per heavy atom. The molecule has 35 heavy (non-hydrogen) atoms. The highest BCUT2D eigenvalue weighted by molar-refractivity contribution is 7.99. The molecule has 0 bridgehead atoms. The molecule has 0 saturated heterocycles. The van der Waals surface area contributed by atoms with Gasteiger partial charge in [0.1, 0.15) is 5.75 Å². The first-order valence-corrected chi connectivity index (χ1v) is 11.6. The number of nitrogens with zero attached hydrogens (tertiary/aromatic N) is 3. The van der Waals surface area contributed by atoms with Crippen LogP contribution in [0, 0.1) is 0 Å². The number of halogens is 4. The molecule has 11 heteroatoms. The van der Waals surface area contributed by atoms with Crippen molar-refractivity contribution in [1.29, 1.82) is 0 Å². The molecule has 0 saturated carbocycles. The van der Waals surface area contributed by atoms with Crippen LogP contribution in [0.25, 0.3) is 17.1 Å². The van der Waals surface area contributed by atoms with Gasteiger partial charge in [0.05, 0.1) is 18.4 Å². The predicted molar refractivity (Wildman–Crippen MR) is 129 cm³/mol. The summed E-state index contributed by atoms with van der Waals surface area (Å²) < 4.78 is 45.8. The van der Waals surface area contributed by atoms with Gasteiger partial charge in [0.15, 0.2) is 11.0 Å². The molecule has 0 aliphatic rings. The molecule has 1 N–H and O–H groups in total. The van der Waals surface area contributed by atoms with Crippen LogP contribution in [0.3, 0.4) is 0 Å². The first kappa shape index (κ1) is 24.6. The first-order chi connectivity index (χ1) is 16.7. The number of anilines is 1. The average Bonchev–Trinajstić information content (AvgIpc) is 3.27. The van der Waals surface area contributed by atoms with Crippen LogP contribution in [0.5, 0.6) is 5.75 Å². The molecule has 4 rings (SSSR count). The third-order valence-electron chi connectivity index (χ3n) is 4.87. The van der Waals surface area contributed by atoms with Crippen LogP contribution in [-0.2, 0) is 11.0 Å². The molecule has 1 amide bonds. The smallest absolute Gasteiger partial charge is 0.416 e. The number of hydrogen-bond donors (Lipinski definition) is 1. The molecule has 1 aromatic heterocycles. The molecule has 0 aliphatic carbocycles. The van der Waals surface area contributed by atoms with Gasteiger partial charge in [0.2, 0.25) is 5.91 Å². The van der Waals surface area contributed by atoms with Crippen molar-refractivity contribution in [3.8, 4) is 22.8 Å². The van der Waals surface area contributed by atoms with E-state index < -0.39 is 17.6 Å². The summed E-state index contributed by atoms with van der Waals surface area (Å²) in [6.45, 7) is 0. The van der Waals surface area contributed by atoms with Crippen LogP contribution < -0.4 is 10.1 Å². The van der Waals surface area contributed by atoms with Gasteiger partial charge < -0.3 is 10.1 Å². The van der Waals surface area contributed by atoms with Crippen LogP contribution in [0.1, 0.15) is 5.56 Å². The number of alkyl halides is 3. The molecule has 6 nitrogen and oxygen atoms in total. The minimum Gasteiger partial charge on any atom is -0.497 e. The van der Waals surface area contributed by atoms with Crippen LogP contribution in [-0.4, -0.2) is 33.5 Å². The van der Waals surface area contributed by atoms with Crippen molar-refractivity contribution in [2.24, 2.45) is 0 Å². The van der Waals surface area contributed by atoms with E-state index in [9.17, 15) is 18.0 Å². The molecule has 0 atom stereocenters. The third kappa shape index (κ3) is 5.95. The van der Waals surface area contributed by atoms with E-state index in [0.717, 1.165) is 35.1 Å². The SMILES string of the molecule is COc1ccc(-c2nnc(SCC(=O)Nc3cccc(C(F)(F)F)c3)n2-c2ccc(Cl)cc2)cc1. The Balaban J connectivity index is 1.57. The van der Waals surface area contributed by atoms with E-state index in [1.807, 2.05) is 12.1 Å². The van der Waals surface area contributed by atoms with Crippen molar-refractivity contribution in [1.82, 2.24) is 14.8 Å². The van der Waals surface area contributed by atoms with Crippen LogP contribution >= 0.6 is 23.4 Å². The molecule has 0 radical (unpaired) electrons. The van der Waals surface area contributed by atoms with Crippen LogP contribution in [0.2, 0.25) is 5.02 Å². The molecule has 4 aromatic rings. The van der Waals surface area contributed by atoms with E-state index >= 15 is 0 Å². The van der Waals surface area contributed by atoms with E-state index in [2.05, 4.69) is 15.5 Å². The van der Waals surface area contributed by atoms with Crippen molar-refractivity contribution in [3.05, 3.63) is 83.4 Å². The summed E-state index contributed by atoms with van der Waals surface area (Å²) in [6, 6.07) is 18.8. The van der Waals surface area contributed by atoms with Gasteiger partial charge in [-0.3, -0.25) is 9.36 Å². The van der Waals surface area contributed by atoms with Gasteiger partial charge in [-0.2, -0.15) is 13.2 Å². The topological polar surface area (TPSA) is 69.0 Å². The Morgan fingerprint density at radius 2 is 1.77 bits per heavy atom. The molecule has 1 heterocycles. The van der Waals surface area contributed by atoms with Gasteiger partial charge >= 0.3 is 6.18 Å². The summed E-state index contributed by atoms with van der Waals surface area (Å²) in [5.41, 5.74) is 0.720. The maximum absolute atomic E-state index is 12.9. The van der Waals surface area contributed by atoms with Gasteiger partial charge in [0, 0.05) is 22.0 Å². The minimum atomic E-state index is -4.50. The molecule has 0 unspecified atom stereocenters. The second-order valence-corrected chi connectivity index (χ2v) is 8.64. The summed E-state index contributed by atoms with van der Waals surface area (Å²) in [6.07, 6.45) is -4.50. The first-order valence-electron chi connectivity index (χ1n) is 10.2. The van der Waals surface area contributed by atoms with E-state index in [0.29, 0.717) is 21.8 Å². The Hall–Kier alpha value is -3.50. The number of carbonyl (C=O) groups is 1. The largest absolute Gasteiger partial charge is 0.497 e. The number of rotatable bonds is 7. The van der Waals surface area contributed by atoms with E-state index in [1.165, 1.54) is 12.1 Å². The third-order valence-corrected chi connectivity index (χ3v) is 6.05. The van der Waals surface area contributed by atoms with Gasteiger partial charge in [-0.15, -0.1) is 10.2 Å². The summed E-state index contributed by atoms with van der Waals surface area (Å²) >= 11 is 7.14. The van der Waals surface area contributed by atoms with Gasteiger partial charge in [-0.05, 0) is 66.7 Å². The number of carbonyl (C=O) groups excluding carboxylic acids is 1. The predicted octanol–water partition coefficient (Wildman–Crippen LogP) is 6.35. The lowest BCUT2D eigenvalue weighted by molar-refractivity contribution is -0.137. The monoisotopic (exact) mass is 518 g/mol. The van der Waals surface area contributed by atoms with Gasteiger partial charge in [0.25, 0.3) is 0 Å². The number of aromatic nitrogens is 3. The molecule has 0 spiro atoms. The lowest BCUT2D eigenvalue weighted by Crippen LogP contribution is -2.15. The standard InChI is InChI=1S/C24H18ClF3N4O2S/c1-34-20-11-5-15(6-12-20)22-30-31-23(32(22)19-9-7-17(25)8-10-19)35-14-21(33)29-18-4-2-3-16(13-18)24(26,27)28/h2-13H,14H2,1H3,(H,29,33). The summed E-state index contributed by atoms with van der Waals surface area (Å²) in [7, 11) is 1.57. The molecule has 0 aliphatic heterocycles. The van der Waals surface area contributed by atoms with Crippen molar-refractivity contribution >= 4 is 35.0 Å². The normalized spacial score (nSPS) is 11.3. The molecular formula is C24H18ClF3N4O2S. The van der Waals surface area contributed by atoms with Gasteiger partial charge in [-0.1, -0.05) is 29.4 Å². The van der Waals surface area contributed by atoms with Gasteiger partial charge in [-0.25, -0.2) is 0 Å². The quantitative estimate of drug-likeness (QED) is 0.289. The summed E-state index contributed by atoms with van der Waals surface area (Å²) in [4.78, 5) is 12.5. The highest BCUT2D eigenvalue weighted by Gasteiger charge is 2.30. The lowest BCUT2D eigenvalue weighted by atomic mass is 10.2. The maximum Gasteiger partial charge on any atom is 0.416 e. The average molecular weight is 519 g/mol. The number of hydrogen-bond acceptors (Lipinski definition) is 5. The maximum atomic E-state index is 12.9. The van der Waals surface area contributed by atoms with E-state index in [1.54, 1.807) is 48.1 Å². The van der Waals surface area contributed by atoms with Crippen molar-refractivity contribution in [2.75, 3.05) is 18.2 Å². The number of methoxy groups -OCH3 is 1. The number of benzene rings is 3. The Bertz CT molecular complexity index is 1330. The fourth-order valence-corrected chi connectivity index (χ4v) is 4.09. The number of ether oxygens (including phenoxy) is 1. The fraction of sp³-hybridized carbons (Fsp3) is 0.125. The zero-order valence-corrected chi connectivity index (χ0v) is 19.8. The Labute approximate surface area is 208 Å². The highest BCUT2D eigenvalue weighted by Crippen LogP contribution is 2.32. The second-order valence-electron chi connectivity index (χ2n) is 7.26. The van der Waals surface area contributed by atoms with E-state index in [4.69, 9.17) is 16.3 Å². The zero-order valence-electron chi connectivity index (χ0n) is 18.2. The summed E-state index contributed by atoms with van der Waals surface area (Å²) in [5.74, 6) is 0.652. The van der Waals surface area contributed by atoms with Crippen molar-refractivity contribution in [3.63, 3.8) is 0 Å².